The Labute approximate surface area is 106 Å². The molecule has 5 heteroatoms. The largest absolute Gasteiger partial charge is 0.465 e. The van der Waals surface area contributed by atoms with Gasteiger partial charge in [-0.15, -0.1) is 0 Å². The smallest absolute Gasteiger partial charge is 0.338 e. The fourth-order valence-electron chi connectivity index (χ4n) is 1.49. The number of carbonyl (C=O) groups excluding carboxylic acids is 2. The van der Waals surface area contributed by atoms with Crippen LogP contribution in [0.15, 0.2) is 24.3 Å². The number of ether oxygens (including phenoxy) is 2. The van der Waals surface area contributed by atoms with Crippen molar-refractivity contribution in [2.45, 2.75) is 13.5 Å². The molecule has 0 atom stereocenters. The van der Waals surface area contributed by atoms with Crippen LogP contribution in [-0.4, -0.2) is 32.2 Å². The Hall–Kier alpha value is -1.88. The quantitative estimate of drug-likeness (QED) is 0.768. The van der Waals surface area contributed by atoms with Gasteiger partial charge in [-0.2, -0.15) is 0 Å². The zero-order chi connectivity index (χ0) is 13.4. The normalized spacial score (nSPS) is 9.89. The summed E-state index contributed by atoms with van der Waals surface area (Å²) in [5.74, 6) is -0.698. The first-order valence-electron chi connectivity index (χ1n) is 5.71. The average Bonchev–Trinajstić information content (AvgIpc) is 2.39. The Morgan fingerprint density at radius 3 is 2.67 bits per heavy atom. The second-order valence-electron chi connectivity index (χ2n) is 3.56. The molecule has 0 aliphatic rings. The van der Waals surface area contributed by atoms with Crippen molar-refractivity contribution in [2.75, 3.05) is 20.3 Å². The molecule has 1 aromatic carbocycles. The highest BCUT2D eigenvalue weighted by atomic mass is 16.5. The third-order valence-electron chi connectivity index (χ3n) is 2.31. The van der Waals surface area contributed by atoms with Gasteiger partial charge in [0, 0.05) is 6.54 Å². The summed E-state index contributed by atoms with van der Waals surface area (Å²) in [6, 6.07) is 7.09. The molecule has 0 fully saturated rings. The Morgan fingerprint density at radius 1 is 1.28 bits per heavy atom. The summed E-state index contributed by atoms with van der Waals surface area (Å²) >= 11 is 0. The van der Waals surface area contributed by atoms with Crippen LogP contribution in [0.1, 0.15) is 22.8 Å². The Morgan fingerprint density at radius 2 is 2.00 bits per heavy atom. The summed E-state index contributed by atoms with van der Waals surface area (Å²) in [7, 11) is 1.34. The monoisotopic (exact) mass is 251 g/mol. The van der Waals surface area contributed by atoms with Gasteiger partial charge < -0.3 is 14.8 Å². The van der Waals surface area contributed by atoms with E-state index < -0.39 is 0 Å². The van der Waals surface area contributed by atoms with E-state index in [1.165, 1.54) is 7.11 Å². The highest BCUT2D eigenvalue weighted by Crippen LogP contribution is 2.09. The van der Waals surface area contributed by atoms with Crippen LogP contribution in [0.5, 0.6) is 0 Å². The van der Waals surface area contributed by atoms with Gasteiger partial charge in [-0.3, -0.25) is 4.79 Å². The van der Waals surface area contributed by atoms with Crippen molar-refractivity contribution in [1.82, 2.24) is 5.32 Å². The molecule has 0 radical (unpaired) electrons. The van der Waals surface area contributed by atoms with Crippen LogP contribution in [0.2, 0.25) is 0 Å². The maximum atomic E-state index is 11.5. The van der Waals surface area contributed by atoms with Gasteiger partial charge in [-0.1, -0.05) is 18.2 Å². The lowest BCUT2D eigenvalue weighted by molar-refractivity contribution is -0.142. The van der Waals surface area contributed by atoms with E-state index in [9.17, 15) is 9.59 Å². The van der Waals surface area contributed by atoms with E-state index in [-0.39, 0.29) is 18.5 Å². The van der Waals surface area contributed by atoms with E-state index in [0.29, 0.717) is 18.7 Å². The summed E-state index contributed by atoms with van der Waals surface area (Å²) < 4.78 is 9.47. The first-order valence-corrected chi connectivity index (χ1v) is 5.71. The number of benzene rings is 1. The van der Waals surface area contributed by atoms with E-state index >= 15 is 0 Å². The molecule has 0 saturated carbocycles. The van der Waals surface area contributed by atoms with Crippen LogP contribution in [0, 0.1) is 0 Å². The van der Waals surface area contributed by atoms with Crippen molar-refractivity contribution in [2.24, 2.45) is 0 Å². The van der Waals surface area contributed by atoms with Crippen LogP contribution in [0.3, 0.4) is 0 Å². The molecule has 0 aliphatic heterocycles. The molecular formula is C13H17NO4. The lowest BCUT2D eigenvalue weighted by Crippen LogP contribution is -2.25. The van der Waals surface area contributed by atoms with Crippen molar-refractivity contribution < 1.29 is 19.1 Å². The van der Waals surface area contributed by atoms with E-state index in [2.05, 4.69) is 10.1 Å². The van der Waals surface area contributed by atoms with Gasteiger partial charge in [0.25, 0.3) is 0 Å². The number of nitrogens with one attached hydrogen (secondary N) is 1. The first-order chi connectivity index (χ1) is 8.69. The topological polar surface area (TPSA) is 64.6 Å². The Balaban J connectivity index is 2.57. The highest BCUT2D eigenvalue weighted by molar-refractivity contribution is 5.90. The molecule has 0 spiro atoms. The predicted octanol–water partition coefficient (Wildman–Crippen LogP) is 1.13. The van der Waals surface area contributed by atoms with Crippen molar-refractivity contribution in [3.63, 3.8) is 0 Å². The summed E-state index contributed by atoms with van der Waals surface area (Å²) in [5.41, 5.74) is 1.28. The van der Waals surface area contributed by atoms with E-state index in [1.807, 2.05) is 12.1 Å². The van der Waals surface area contributed by atoms with Crippen LogP contribution >= 0.6 is 0 Å². The second-order valence-corrected chi connectivity index (χ2v) is 3.56. The molecule has 0 amide bonds. The van der Waals surface area contributed by atoms with E-state index in [1.54, 1.807) is 19.1 Å². The number of methoxy groups -OCH3 is 1. The van der Waals surface area contributed by atoms with Gasteiger partial charge in [0.15, 0.2) is 0 Å². The van der Waals surface area contributed by atoms with E-state index in [4.69, 9.17) is 4.74 Å². The van der Waals surface area contributed by atoms with Crippen LogP contribution in [0.25, 0.3) is 0 Å². The fraction of sp³-hybridized carbons (Fsp3) is 0.385. The summed E-state index contributed by atoms with van der Waals surface area (Å²) in [5, 5.41) is 2.92. The molecule has 98 valence electrons. The van der Waals surface area contributed by atoms with Gasteiger partial charge in [0.2, 0.25) is 0 Å². The Bertz CT molecular complexity index is 417. The fourth-order valence-corrected chi connectivity index (χ4v) is 1.49. The molecule has 1 aromatic rings. The van der Waals surface area contributed by atoms with Crippen molar-refractivity contribution in [3.8, 4) is 0 Å². The van der Waals surface area contributed by atoms with Gasteiger partial charge >= 0.3 is 11.9 Å². The summed E-state index contributed by atoms with van der Waals surface area (Å²) in [4.78, 5) is 22.6. The average molecular weight is 251 g/mol. The standard InChI is InChI=1S/C13H17NO4/c1-3-18-12(15)9-14-8-10-6-4-5-7-11(10)13(16)17-2/h4-7,14H,3,8-9H2,1-2H3. The summed E-state index contributed by atoms with van der Waals surface area (Å²) in [6.45, 7) is 2.64. The number of esters is 2. The lowest BCUT2D eigenvalue weighted by atomic mass is 10.1. The molecule has 0 unspecified atom stereocenters. The van der Waals surface area contributed by atoms with Gasteiger partial charge in [0.1, 0.15) is 0 Å². The molecule has 5 nitrogen and oxygen atoms in total. The predicted molar refractivity (Wildman–Crippen MR) is 66.1 cm³/mol. The van der Waals surface area contributed by atoms with Crippen LogP contribution in [0.4, 0.5) is 0 Å². The minimum atomic E-state index is -0.386. The first kappa shape index (κ1) is 14.2. The highest BCUT2D eigenvalue weighted by Gasteiger charge is 2.10. The summed E-state index contributed by atoms with van der Waals surface area (Å²) in [6.07, 6.45) is 0. The molecule has 0 aliphatic carbocycles. The molecule has 0 aromatic heterocycles. The number of hydrogen-bond acceptors (Lipinski definition) is 5. The Kier molecular flexibility index (Phi) is 5.87. The van der Waals surface area contributed by atoms with Gasteiger partial charge in [-0.25, -0.2) is 4.79 Å². The minimum absolute atomic E-state index is 0.114. The van der Waals surface area contributed by atoms with Crippen molar-refractivity contribution >= 4 is 11.9 Å². The maximum Gasteiger partial charge on any atom is 0.338 e. The van der Waals surface area contributed by atoms with E-state index in [0.717, 1.165) is 5.56 Å². The third kappa shape index (κ3) is 4.18. The van der Waals surface area contributed by atoms with Crippen LogP contribution in [-0.2, 0) is 20.8 Å². The van der Waals surface area contributed by atoms with Crippen LogP contribution < -0.4 is 5.32 Å². The zero-order valence-electron chi connectivity index (χ0n) is 10.6. The number of hydrogen-bond donors (Lipinski definition) is 1. The molecule has 0 bridgehead atoms. The lowest BCUT2D eigenvalue weighted by Gasteiger charge is -2.08. The number of carbonyl (C=O) groups is 2. The second kappa shape index (κ2) is 7.45. The van der Waals surface area contributed by atoms with Gasteiger partial charge in [0.05, 0.1) is 25.8 Å². The molecular weight excluding hydrogens is 234 g/mol. The molecule has 0 heterocycles. The number of rotatable bonds is 6. The molecule has 1 N–H and O–H groups in total. The van der Waals surface area contributed by atoms with Gasteiger partial charge in [-0.05, 0) is 18.6 Å². The van der Waals surface area contributed by atoms with Crippen molar-refractivity contribution in [3.05, 3.63) is 35.4 Å². The SMILES string of the molecule is CCOC(=O)CNCc1ccccc1C(=O)OC. The zero-order valence-corrected chi connectivity index (χ0v) is 10.6. The third-order valence-corrected chi connectivity index (χ3v) is 2.31. The van der Waals surface area contributed by atoms with Crippen molar-refractivity contribution in [1.29, 1.82) is 0 Å². The molecule has 1 rings (SSSR count). The molecule has 18 heavy (non-hydrogen) atoms. The minimum Gasteiger partial charge on any atom is -0.465 e. The maximum absolute atomic E-state index is 11.5. The molecule has 0 saturated heterocycles.